The third kappa shape index (κ3) is 1.34. The largest absolute Gasteiger partial charge is 0.320 e. The fourth-order valence-electron chi connectivity index (χ4n) is 2.23. The van der Waals surface area contributed by atoms with Crippen LogP contribution in [0.25, 0.3) is 0 Å². The summed E-state index contributed by atoms with van der Waals surface area (Å²) in [6.45, 7) is 1.44. The molecule has 0 aromatic heterocycles. The second kappa shape index (κ2) is 3.69. The highest BCUT2D eigenvalue weighted by atomic mass is 16.2. The Balaban J connectivity index is 1.91. The fraction of sp³-hybridized carbons (Fsp3) is 0.800. The molecule has 1 saturated heterocycles. The molecule has 2 atom stereocenters. The molecule has 0 spiro atoms. The monoisotopic (exact) mass is 196 g/mol. The Hall–Kier alpha value is -0.900. The Morgan fingerprint density at radius 2 is 1.86 bits per heavy atom. The summed E-state index contributed by atoms with van der Waals surface area (Å²) in [7, 11) is 1.87. The first-order valence-corrected chi connectivity index (χ1v) is 5.25. The molecule has 0 radical (unpaired) electrons. The lowest BCUT2D eigenvalue weighted by Crippen LogP contribution is -2.32. The smallest absolute Gasteiger partial charge is 0.233 e. The molecule has 0 bridgehead atoms. The number of imide groups is 1. The number of likely N-dealkylation sites (tertiary alicyclic amines) is 1. The van der Waals surface area contributed by atoms with Crippen LogP contribution in [0.5, 0.6) is 0 Å². The molecular formula is C10H16N2O2. The van der Waals surface area contributed by atoms with E-state index in [1.807, 2.05) is 7.05 Å². The maximum Gasteiger partial charge on any atom is 0.233 e. The average molecular weight is 196 g/mol. The van der Waals surface area contributed by atoms with Crippen molar-refractivity contribution in [3.05, 3.63) is 0 Å². The summed E-state index contributed by atoms with van der Waals surface area (Å²) in [5, 5.41) is 3.01. The van der Waals surface area contributed by atoms with Gasteiger partial charge in [0, 0.05) is 6.54 Å². The summed E-state index contributed by atoms with van der Waals surface area (Å²) in [5.41, 5.74) is 0. The summed E-state index contributed by atoms with van der Waals surface area (Å²) >= 11 is 0. The van der Waals surface area contributed by atoms with Gasteiger partial charge in [0.1, 0.15) is 0 Å². The van der Waals surface area contributed by atoms with E-state index >= 15 is 0 Å². The van der Waals surface area contributed by atoms with E-state index in [0.717, 1.165) is 25.8 Å². The number of amides is 2. The molecule has 14 heavy (non-hydrogen) atoms. The van der Waals surface area contributed by atoms with Gasteiger partial charge in [-0.1, -0.05) is 0 Å². The van der Waals surface area contributed by atoms with E-state index in [1.54, 1.807) is 0 Å². The van der Waals surface area contributed by atoms with Crippen LogP contribution in [-0.2, 0) is 9.59 Å². The van der Waals surface area contributed by atoms with Crippen molar-refractivity contribution in [2.75, 3.05) is 20.1 Å². The van der Waals surface area contributed by atoms with E-state index in [4.69, 9.17) is 0 Å². The molecule has 2 amide bonds. The molecular weight excluding hydrogens is 180 g/mol. The summed E-state index contributed by atoms with van der Waals surface area (Å²) < 4.78 is 0. The van der Waals surface area contributed by atoms with Gasteiger partial charge in [-0.3, -0.25) is 14.5 Å². The average Bonchev–Trinajstić information content (AvgIpc) is 2.23. The zero-order valence-electron chi connectivity index (χ0n) is 8.45. The van der Waals surface area contributed by atoms with E-state index in [-0.39, 0.29) is 23.7 Å². The van der Waals surface area contributed by atoms with Gasteiger partial charge < -0.3 is 5.32 Å². The van der Waals surface area contributed by atoms with Crippen LogP contribution in [-0.4, -0.2) is 36.9 Å². The van der Waals surface area contributed by atoms with Gasteiger partial charge in [0.25, 0.3) is 0 Å². The first-order valence-electron chi connectivity index (χ1n) is 5.25. The van der Waals surface area contributed by atoms with Crippen molar-refractivity contribution in [2.45, 2.75) is 19.3 Å². The molecule has 78 valence electrons. The summed E-state index contributed by atoms with van der Waals surface area (Å²) in [4.78, 5) is 24.8. The molecule has 1 aliphatic heterocycles. The van der Waals surface area contributed by atoms with Crippen LogP contribution in [0.15, 0.2) is 0 Å². The van der Waals surface area contributed by atoms with Gasteiger partial charge in [-0.05, 0) is 32.9 Å². The highest BCUT2D eigenvalue weighted by Crippen LogP contribution is 2.42. The van der Waals surface area contributed by atoms with Gasteiger partial charge in [-0.2, -0.15) is 0 Å². The van der Waals surface area contributed by atoms with Crippen LogP contribution in [0.1, 0.15) is 19.3 Å². The molecule has 2 aliphatic rings. The topological polar surface area (TPSA) is 49.4 Å². The van der Waals surface area contributed by atoms with E-state index in [9.17, 15) is 9.59 Å². The molecule has 1 heterocycles. The maximum absolute atomic E-state index is 11.7. The second-order valence-electron chi connectivity index (χ2n) is 4.08. The number of nitrogens with one attached hydrogen (secondary N) is 1. The SMILES string of the molecule is CNCCCN1C(=O)C2CCC2C1=O. The first kappa shape index (κ1) is 9.65. The van der Waals surface area contributed by atoms with Crippen molar-refractivity contribution in [1.82, 2.24) is 10.2 Å². The quantitative estimate of drug-likeness (QED) is 0.508. The number of hydrogen-bond donors (Lipinski definition) is 1. The zero-order valence-corrected chi connectivity index (χ0v) is 8.45. The first-order chi connectivity index (χ1) is 6.75. The molecule has 1 aliphatic carbocycles. The van der Waals surface area contributed by atoms with Crippen LogP contribution in [0.4, 0.5) is 0 Å². The molecule has 2 fully saturated rings. The Bertz CT molecular complexity index is 243. The lowest BCUT2D eigenvalue weighted by atomic mass is 9.76. The molecule has 0 aromatic carbocycles. The minimum atomic E-state index is 0.0390. The van der Waals surface area contributed by atoms with E-state index in [0.29, 0.717) is 6.54 Å². The highest BCUT2D eigenvalue weighted by molar-refractivity contribution is 6.06. The molecule has 0 aromatic rings. The van der Waals surface area contributed by atoms with Gasteiger partial charge in [0.2, 0.25) is 11.8 Å². The fourth-order valence-corrected chi connectivity index (χ4v) is 2.23. The molecule has 4 nitrogen and oxygen atoms in total. The lowest BCUT2D eigenvalue weighted by molar-refractivity contribution is -0.139. The lowest BCUT2D eigenvalue weighted by Gasteiger charge is -2.24. The van der Waals surface area contributed by atoms with Crippen molar-refractivity contribution < 1.29 is 9.59 Å². The van der Waals surface area contributed by atoms with Crippen molar-refractivity contribution >= 4 is 11.8 Å². The number of hydrogen-bond acceptors (Lipinski definition) is 3. The third-order valence-corrected chi connectivity index (χ3v) is 3.25. The van der Waals surface area contributed by atoms with Gasteiger partial charge in [-0.15, -0.1) is 0 Å². The number of carbonyl (C=O) groups is 2. The Morgan fingerprint density at radius 3 is 2.29 bits per heavy atom. The molecule has 2 unspecified atom stereocenters. The molecule has 1 saturated carbocycles. The van der Waals surface area contributed by atoms with Crippen LogP contribution < -0.4 is 5.32 Å². The predicted molar refractivity (Wildman–Crippen MR) is 51.5 cm³/mol. The van der Waals surface area contributed by atoms with Crippen LogP contribution in [0, 0.1) is 11.8 Å². The van der Waals surface area contributed by atoms with Crippen molar-refractivity contribution in [3.63, 3.8) is 0 Å². The number of carbonyl (C=O) groups excluding carboxylic acids is 2. The van der Waals surface area contributed by atoms with Crippen LogP contribution in [0.2, 0.25) is 0 Å². The Kier molecular flexibility index (Phi) is 2.54. The zero-order chi connectivity index (χ0) is 10.1. The number of nitrogens with zero attached hydrogens (tertiary/aromatic N) is 1. The second-order valence-corrected chi connectivity index (χ2v) is 4.08. The molecule has 1 N–H and O–H groups in total. The van der Waals surface area contributed by atoms with E-state index in [1.165, 1.54) is 4.90 Å². The minimum absolute atomic E-state index is 0.0390. The van der Waals surface area contributed by atoms with Crippen molar-refractivity contribution in [3.8, 4) is 0 Å². The predicted octanol–water partition coefficient (Wildman–Crippen LogP) is -0.00910. The van der Waals surface area contributed by atoms with E-state index in [2.05, 4.69) is 5.32 Å². The molecule has 4 heteroatoms. The van der Waals surface area contributed by atoms with Crippen LogP contribution >= 0.6 is 0 Å². The number of fused-ring (bicyclic) bond motifs is 1. The minimum Gasteiger partial charge on any atom is -0.320 e. The van der Waals surface area contributed by atoms with Crippen LogP contribution in [0.3, 0.4) is 0 Å². The third-order valence-electron chi connectivity index (χ3n) is 3.25. The highest BCUT2D eigenvalue weighted by Gasteiger charge is 2.52. The number of rotatable bonds is 4. The molecule has 2 rings (SSSR count). The standard InChI is InChI=1S/C10H16N2O2/c1-11-5-2-6-12-9(13)7-3-4-8(7)10(12)14/h7-8,11H,2-6H2,1H3. The Labute approximate surface area is 83.6 Å². The maximum atomic E-state index is 11.7. The van der Waals surface area contributed by atoms with Crippen molar-refractivity contribution in [2.24, 2.45) is 11.8 Å². The van der Waals surface area contributed by atoms with Gasteiger partial charge in [0.15, 0.2) is 0 Å². The summed E-state index contributed by atoms with van der Waals surface area (Å²) in [5.74, 6) is 0.221. The normalized spacial score (nSPS) is 30.5. The van der Waals surface area contributed by atoms with Crippen molar-refractivity contribution in [1.29, 1.82) is 0 Å². The van der Waals surface area contributed by atoms with Gasteiger partial charge in [-0.25, -0.2) is 0 Å². The van der Waals surface area contributed by atoms with Gasteiger partial charge in [0.05, 0.1) is 11.8 Å². The summed E-state index contributed by atoms with van der Waals surface area (Å²) in [6, 6.07) is 0. The Morgan fingerprint density at radius 1 is 1.29 bits per heavy atom. The van der Waals surface area contributed by atoms with Gasteiger partial charge >= 0.3 is 0 Å². The summed E-state index contributed by atoms with van der Waals surface area (Å²) in [6.07, 6.45) is 2.68. The van der Waals surface area contributed by atoms with E-state index < -0.39 is 0 Å².